The lowest BCUT2D eigenvalue weighted by Crippen LogP contribution is -2.82. The average Bonchev–Trinajstić information content (AvgIpc) is 3.40. The highest BCUT2D eigenvalue weighted by atomic mass is 16.5. The first-order valence-electron chi connectivity index (χ1n) is 15.1. The van der Waals surface area contributed by atoms with Crippen LogP contribution in [0.25, 0.3) is 0 Å². The van der Waals surface area contributed by atoms with Gasteiger partial charge < -0.3 is 30.9 Å². The molecule has 1 aromatic carbocycles. The van der Waals surface area contributed by atoms with Crippen LogP contribution in [-0.4, -0.2) is 68.4 Å². The zero-order valence-corrected chi connectivity index (χ0v) is 24.7. The van der Waals surface area contributed by atoms with Crippen molar-refractivity contribution in [1.29, 1.82) is 0 Å². The summed E-state index contributed by atoms with van der Waals surface area (Å²) < 4.78 is 6.46. The third kappa shape index (κ3) is 3.78. The van der Waals surface area contributed by atoms with Crippen molar-refractivity contribution in [1.82, 2.24) is 0 Å². The van der Waals surface area contributed by atoms with Crippen LogP contribution in [0.15, 0.2) is 18.2 Å². The Morgan fingerprint density at radius 3 is 2.34 bits per heavy atom. The molecule has 3 fully saturated rings. The molecule has 0 aliphatic heterocycles. The number of Topliss-reactive ketones (excluding diaryl/α,β-unsaturated/α-hetero) is 2. The molecule has 4 aliphatic rings. The van der Waals surface area contributed by atoms with Crippen molar-refractivity contribution < 1.29 is 39.5 Å². The molecule has 0 heterocycles. The smallest absolute Gasteiger partial charge is 0.230 e. The fourth-order valence-electron chi connectivity index (χ4n) is 10.2. The Kier molecular flexibility index (Phi) is 7.46. The molecular weight excluding hydrogens is 526 g/mol. The summed E-state index contributed by atoms with van der Waals surface area (Å²) in [6.45, 7) is 9.48. The van der Waals surface area contributed by atoms with Crippen molar-refractivity contribution in [3.05, 3.63) is 29.3 Å². The van der Waals surface area contributed by atoms with Gasteiger partial charge in [-0.25, -0.2) is 0 Å². The third-order valence-corrected chi connectivity index (χ3v) is 11.7. The van der Waals surface area contributed by atoms with Gasteiger partial charge in [-0.1, -0.05) is 66.0 Å². The summed E-state index contributed by atoms with van der Waals surface area (Å²) in [6.07, 6.45) is 1.08. The fraction of sp³-hybridized carbons (Fsp3) is 0.719. The molecule has 0 radical (unpaired) electrons. The number of benzene rings is 1. The van der Waals surface area contributed by atoms with Gasteiger partial charge in [-0.15, -0.1) is 0 Å². The Bertz CT molecular complexity index is 1240. The number of phenolic OH excluding ortho intramolecular Hbond substituents is 1. The Balaban J connectivity index is 1.78. The van der Waals surface area contributed by atoms with Gasteiger partial charge in [0, 0.05) is 11.3 Å². The van der Waals surface area contributed by atoms with Crippen molar-refractivity contribution in [2.45, 2.75) is 96.6 Å². The number of phenols is 1. The van der Waals surface area contributed by atoms with Gasteiger partial charge in [0.1, 0.15) is 17.8 Å². The molecule has 41 heavy (non-hydrogen) atoms. The number of fused-ring (bicyclic) bond motifs is 3. The minimum Gasteiger partial charge on any atom is -0.507 e. The Hall–Kier alpha value is -2.33. The van der Waals surface area contributed by atoms with Crippen molar-refractivity contribution in [3.63, 3.8) is 0 Å². The Morgan fingerprint density at radius 2 is 1.78 bits per heavy atom. The number of aliphatic hydroxyl groups is 3. The first-order chi connectivity index (χ1) is 19.2. The second kappa shape index (κ2) is 10.1. The van der Waals surface area contributed by atoms with E-state index in [1.807, 2.05) is 33.8 Å². The van der Waals surface area contributed by atoms with Crippen LogP contribution in [0.4, 0.5) is 0 Å². The Labute approximate surface area is 241 Å². The summed E-state index contributed by atoms with van der Waals surface area (Å²) in [5.41, 5.74) is 1.24. The van der Waals surface area contributed by atoms with Crippen molar-refractivity contribution in [2.24, 2.45) is 46.2 Å². The van der Waals surface area contributed by atoms with Crippen LogP contribution in [0.5, 0.6) is 5.75 Å². The lowest BCUT2D eigenvalue weighted by molar-refractivity contribution is -0.294. The lowest BCUT2D eigenvalue weighted by Gasteiger charge is -2.71. The summed E-state index contributed by atoms with van der Waals surface area (Å²) in [4.78, 5) is 41.0. The molecule has 0 saturated heterocycles. The number of carbonyl (C=O) groups is 3. The summed E-state index contributed by atoms with van der Waals surface area (Å²) in [5.74, 6) is -8.14. The number of hydrogen-bond donors (Lipinski definition) is 5. The standard InChI is InChI=1S/C32H45NO8/c1-6-20-30(4)18(14-41-16-10-7-8-11-16)17-12-9-13-19(34)21(17)25(35)24(30)28(38)32(40)27(37)22(29(33)39)26(36)23(15(2)3)31(20,32)5/h9,12-13,15-16,18,20,22-24,26,28,34,36,38,40H,6-8,10-11,14H2,1-5H3,(H2,33,39)/t18-,20-,22-,23+,24-,26?,28?,30-,31-,32+/m1/s1. The molecule has 0 spiro atoms. The normalized spacial score (nSPS) is 42.6. The maximum Gasteiger partial charge on any atom is 0.230 e. The van der Waals surface area contributed by atoms with Gasteiger partial charge in [0.05, 0.1) is 30.3 Å². The number of aliphatic hydroxyl groups excluding tert-OH is 2. The summed E-state index contributed by atoms with van der Waals surface area (Å²) in [7, 11) is 0. The van der Waals surface area contributed by atoms with E-state index in [-0.39, 0.29) is 29.9 Å². The number of rotatable bonds is 6. The molecule has 1 amide bonds. The van der Waals surface area contributed by atoms with Gasteiger partial charge in [0.15, 0.2) is 17.2 Å². The molecule has 9 heteroatoms. The summed E-state index contributed by atoms with van der Waals surface area (Å²) in [6, 6.07) is 4.91. The monoisotopic (exact) mass is 571 g/mol. The van der Waals surface area contributed by atoms with Crippen LogP contribution in [0.3, 0.4) is 0 Å². The quantitative estimate of drug-likeness (QED) is 0.325. The van der Waals surface area contributed by atoms with Crippen LogP contribution >= 0.6 is 0 Å². The van der Waals surface area contributed by atoms with Crippen LogP contribution in [0, 0.1) is 40.4 Å². The van der Waals surface area contributed by atoms with Crippen LogP contribution in [-0.2, 0) is 14.3 Å². The van der Waals surface area contributed by atoms with Crippen molar-refractivity contribution >= 4 is 17.5 Å². The third-order valence-electron chi connectivity index (χ3n) is 11.7. The molecule has 9 nitrogen and oxygen atoms in total. The van der Waals surface area contributed by atoms with E-state index in [4.69, 9.17) is 10.5 Å². The van der Waals surface area contributed by atoms with E-state index in [1.54, 1.807) is 13.0 Å². The number of ether oxygens (including phenoxy) is 1. The first kappa shape index (κ1) is 30.1. The molecule has 226 valence electrons. The Morgan fingerprint density at radius 1 is 1.15 bits per heavy atom. The van der Waals surface area contributed by atoms with Gasteiger partial charge in [-0.3, -0.25) is 14.4 Å². The minimum atomic E-state index is -2.56. The van der Waals surface area contributed by atoms with E-state index in [9.17, 15) is 34.8 Å². The number of nitrogens with two attached hydrogens (primary N) is 1. The van der Waals surface area contributed by atoms with Gasteiger partial charge >= 0.3 is 0 Å². The van der Waals surface area contributed by atoms with Crippen LogP contribution < -0.4 is 5.73 Å². The maximum atomic E-state index is 14.4. The topological polar surface area (TPSA) is 167 Å². The van der Waals surface area contributed by atoms with Crippen molar-refractivity contribution in [2.75, 3.05) is 6.61 Å². The molecule has 6 N–H and O–H groups in total. The number of aromatic hydroxyl groups is 1. The zero-order valence-electron chi connectivity index (χ0n) is 24.7. The number of amides is 1. The fourth-order valence-corrected chi connectivity index (χ4v) is 10.2. The molecule has 2 unspecified atom stereocenters. The summed E-state index contributed by atoms with van der Waals surface area (Å²) >= 11 is 0. The van der Waals surface area contributed by atoms with E-state index in [0.29, 0.717) is 12.0 Å². The molecule has 10 atom stereocenters. The second-order valence-electron chi connectivity index (χ2n) is 13.7. The molecular formula is C32H45NO8. The highest BCUT2D eigenvalue weighted by Crippen LogP contribution is 2.71. The number of hydrogen-bond acceptors (Lipinski definition) is 8. The number of carbonyl (C=O) groups excluding carboxylic acids is 3. The lowest BCUT2D eigenvalue weighted by atomic mass is 9.33. The molecule has 4 aliphatic carbocycles. The molecule has 0 aromatic heterocycles. The molecule has 1 aromatic rings. The largest absolute Gasteiger partial charge is 0.507 e. The van der Waals surface area contributed by atoms with E-state index < -0.39 is 75.7 Å². The maximum absolute atomic E-state index is 14.4. The summed E-state index contributed by atoms with van der Waals surface area (Å²) in [5, 5.41) is 47.2. The molecule has 0 bridgehead atoms. The van der Waals surface area contributed by atoms with Gasteiger partial charge in [0.25, 0.3) is 0 Å². The van der Waals surface area contributed by atoms with Gasteiger partial charge in [-0.05, 0) is 47.6 Å². The van der Waals surface area contributed by atoms with E-state index in [0.717, 1.165) is 25.7 Å². The predicted molar refractivity (Wildman–Crippen MR) is 150 cm³/mol. The number of ketones is 2. The van der Waals surface area contributed by atoms with Gasteiger partial charge in [-0.2, -0.15) is 0 Å². The highest BCUT2D eigenvalue weighted by molar-refractivity contribution is 6.09. The first-order valence-corrected chi connectivity index (χ1v) is 15.1. The van der Waals surface area contributed by atoms with Crippen LogP contribution in [0.2, 0.25) is 0 Å². The second-order valence-corrected chi connectivity index (χ2v) is 13.7. The SMILES string of the molecule is CC[C@@H]1[C@@]2(C)[C@H](COC3CCCC3)c3cccc(O)c3C(=O)[C@@H]2C(O)[C@@]2(O)C(=O)[C@H](C(N)=O)C(O)[C@H](C(C)C)[C@@]12C. The van der Waals surface area contributed by atoms with E-state index >= 15 is 0 Å². The van der Waals surface area contributed by atoms with E-state index in [1.165, 1.54) is 6.07 Å². The minimum absolute atomic E-state index is 0.0613. The van der Waals surface area contributed by atoms with Crippen LogP contribution in [0.1, 0.15) is 88.6 Å². The highest BCUT2D eigenvalue weighted by Gasteiger charge is 2.79. The molecule has 3 saturated carbocycles. The average molecular weight is 572 g/mol. The zero-order chi connectivity index (χ0) is 30.2. The predicted octanol–water partition coefficient (Wildman–Crippen LogP) is 2.71. The molecule has 5 rings (SSSR count). The van der Waals surface area contributed by atoms with Crippen molar-refractivity contribution in [3.8, 4) is 5.75 Å². The van der Waals surface area contributed by atoms with Gasteiger partial charge in [0.2, 0.25) is 5.91 Å². The number of primary amides is 1. The van der Waals surface area contributed by atoms with E-state index in [2.05, 4.69) is 0 Å².